The van der Waals surface area contributed by atoms with Gasteiger partial charge in [-0.1, -0.05) is 0 Å². The van der Waals surface area contributed by atoms with E-state index in [1.54, 1.807) is 6.33 Å². The molecular weight excluding hydrogens is 270 g/mol. The highest BCUT2D eigenvalue weighted by atomic mass is 16.3. The Kier molecular flexibility index (Phi) is 2.56. The molecule has 0 amide bonds. The number of imidazole rings is 1. The van der Waals surface area contributed by atoms with Crippen molar-refractivity contribution in [3.8, 4) is 0 Å². The van der Waals surface area contributed by atoms with Crippen molar-refractivity contribution in [2.24, 2.45) is 11.3 Å². The highest BCUT2D eigenvalue weighted by molar-refractivity contribution is 5.83. The van der Waals surface area contributed by atoms with Crippen molar-refractivity contribution in [1.82, 2.24) is 19.5 Å². The summed E-state index contributed by atoms with van der Waals surface area (Å²) < 4.78 is 2.04. The summed E-state index contributed by atoms with van der Waals surface area (Å²) in [6.45, 7) is 1.91. The minimum absolute atomic E-state index is 0.0533. The monoisotopic (exact) mass is 289 g/mol. The second-order valence-corrected chi connectivity index (χ2v) is 6.21. The summed E-state index contributed by atoms with van der Waals surface area (Å²) >= 11 is 0. The largest absolute Gasteiger partial charge is 0.396 e. The molecule has 2 heterocycles. The Morgan fingerprint density at radius 3 is 2.90 bits per heavy atom. The lowest BCUT2D eigenvalue weighted by molar-refractivity contribution is 0.0600. The first-order chi connectivity index (χ1) is 10.1. The molecule has 2 saturated carbocycles. The third kappa shape index (κ3) is 1.58. The number of hydrogen-bond acceptors (Lipinski definition) is 6. The number of anilines is 1. The van der Waals surface area contributed by atoms with Gasteiger partial charge < -0.3 is 20.1 Å². The molecule has 0 spiro atoms. The Balaban J connectivity index is 1.81. The van der Waals surface area contributed by atoms with Crippen LogP contribution in [0.5, 0.6) is 0 Å². The summed E-state index contributed by atoms with van der Waals surface area (Å²) in [6, 6.07) is 0.149. The fraction of sp³-hybridized carbons (Fsp3) is 0.643. The van der Waals surface area contributed by atoms with Gasteiger partial charge in [0.2, 0.25) is 0 Å². The fourth-order valence-corrected chi connectivity index (χ4v) is 3.92. The van der Waals surface area contributed by atoms with Gasteiger partial charge in [-0.15, -0.1) is 0 Å². The van der Waals surface area contributed by atoms with Gasteiger partial charge in [-0.2, -0.15) is 0 Å². The van der Waals surface area contributed by atoms with Gasteiger partial charge in [0, 0.05) is 18.5 Å². The molecule has 7 heteroatoms. The average Bonchev–Trinajstić information content (AvgIpc) is 2.98. The number of aromatic nitrogens is 4. The minimum atomic E-state index is -0.443. The second kappa shape index (κ2) is 4.14. The molecule has 7 nitrogen and oxygen atoms in total. The van der Waals surface area contributed by atoms with Crippen molar-refractivity contribution in [3.63, 3.8) is 0 Å². The maximum atomic E-state index is 10.2. The number of fused-ring (bicyclic) bond motifs is 2. The summed E-state index contributed by atoms with van der Waals surface area (Å²) in [7, 11) is 1.82. The molecule has 21 heavy (non-hydrogen) atoms. The van der Waals surface area contributed by atoms with Crippen molar-refractivity contribution in [2.75, 3.05) is 19.0 Å². The summed E-state index contributed by atoms with van der Waals surface area (Å²) in [5, 5.41) is 22.9. The van der Waals surface area contributed by atoms with E-state index in [1.807, 2.05) is 18.5 Å². The van der Waals surface area contributed by atoms with E-state index in [9.17, 15) is 10.2 Å². The molecule has 0 radical (unpaired) electrons. The number of aliphatic hydroxyl groups excluding tert-OH is 2. The van der Waals surface area contributed by atoms with Crippen LogP contribution in [0.25, 0.3) is 11.2 Å². The molecule has 112 valence electrons. The minimum Gasteiger partial charge on any atom is -0.396 e. The Labute approximate surface area is 122 Å². The number of rotatable bonds is 3. The number of nitrogens with one attached hydrogen (secondary N) is 1. The van der Waals surface area contributed by atoms with Crippen molar-refractivity contribution in [3.05, 3.63) is 12.2 Å². The van der Waals surface area contributed by atoms with Gasteiger partial charge in [0.15, 0.2) is 11.5 Å². The first kappa shape index (κ1) is 13.0. The van der Waals surface area contributed by atoms with Crippen molar-refractivity contribution >= 4 is 17.0 Å². The molecule has 2 aliphatic rings. The molecule has 0 saturated heterocycles. The zero-order chi connectivity index (χ0) is 14.8. The Morgan fingerprint density at radius 1 is 1.48 bits per heavy atom. The maximum Gasteiger partial charge on any atom is 0.166 e. The molecule has 4 atom stereocenters. The Morgan fingerprint density at radius 2 is 2.29 bits per heavy atom. The van der Waals surface area contributed by atoms with Gasteiger partial charge in [-0.05, 0) is 25.7 Å². The smallest absolute Gasteiger partial charge is 0.166 e. The maximum absolute atomic E-state index is 10.2. The zero-order valence-electron chi connectivity index (χ0n) is 12.1. The predicted molar refractivity (Wildman–Crippen MR) is 76.9 cm³/mol. The van der Waals surface area contributed by atoms with Crippen LogP contribution in [0.1, 0.15) is 24.7 Å². The number of aliphatic hydroxyl groups is 2. The van der Waals surface area contributed by atoms with Gasteiger partial charge >= 0.3 is 0 Å². The van der Waals surface area contributed by atoms with Crippen LogP contribution in [-0.4, -0.2) is 49.5 Å². The Bertz CT molecular complexity index is 715. The van der Waals surface area contributed by atoms with Crippen LogP contribution in [-0.2, 0) is 0 Å². The van der Waals surface area contributed by atoms with E-state index in [1.165, 1.54) is 0 Å². The highest BCUT2D eigenvalue weighted by Crippen LogP contribution is 2.67. The van der Waals surface area contributed by atoms with Crippen LogP contribution in [0.4, 0.5) is 5.82 Å². The zero-order valence-corrected chi connectivity index (χ0v) is 12.1. The summed E-state index contributed by atoms with van der Waals surface area (Å²) in [5.41, 5.74) is 1.25. The summed E-state index contributed by atoms with van der Waals surface area (Å²) in [5.74, 6) is 1.72. The van der Waals surface area contributed by atoms with Gasteiger partial charge in [-0.3, -0.25) is 0 Å². The third-order valence-electron chi connectivity index (χ3n) is 5.19. The molecular formula is C14H19N5O2. The van der Waals surface area contributed by atoms with E-state index in [4.69, 9.17) is 0 Å². The predicted octanol–water partition coefficient (Wildman–Crippen LogP) is 0.481. The topological polar surface area (TPSA) is 96.1 Å². The van der Waals surface area contributed by atoms with Crippen LogP contribution in [0, 0.1) is 18.3 Å². The molecule has 4 unspecified atom stereocenters. The summed E-state index contributed by atoms with van der Waals surface area (Å²) in [6.07, 6.45) is 2.86. The first-order valence-electron chi connectivity index (χ1n) is 7.28. The lowest BCUT2D eigenvalue weighted by atomic mass is 10.0. The highest BCUT2D eigenvalue weighted by Gasteiger charge is 2.67. The van der Waals surface area contributed by atoms with E-state index < -0.39 is 6.10 Å². The molecule has 2 aromatic rings. The number of nitrogens with zero attached hydrogens (tertiary/aromatic N) is 4. The van der Waals surface area contributed by atoms with E-state index in [-0.39, 0.29) is 18.1 Å². The van der Waals surface area contributed by atoms with Crippen molar-refractivity contribution in [2.45, 2.75) is 31.9 Å². The molecule has 2 aromatic heterocycles. The molecule has 0 aromatic carbocycles. The molecule has 4 rings (SSSR count). The van der Waals surface area contributed by atoms with Gasteiger partial charge in [0.25, 0.3) is 0 Å². The van der Waals surface area contributed by atoms with Crippen LogP contribution < -0.4 is 5.32 Å². The van der Waals surface area contributed by atoms with Crippen LogP contribution in [0.2, 0.25) is 0 Å². The van der Waals surface area contributed by atoms with E-state index >= 15 is 0 Å². The fourth-order valence-electron chi connectivity index (χ4n) is 3.92. The standard InChI is InChI=1S/C14H19N5O2/c1-7-17-12(15-2)11-13(18-7)19(6-16-11)9-3-10(21)14(5-20)4-8(9)14/h6,8-10,20-21H,3-5H2,1-2H3,(H,15,17,18). The second-order valence-electron chi connectivity index (χ2n) is 6.21. The summed E-state index contributed by atoms with van der Waals surface area (Å²) in [4.78, 5) is 13.3. The van der Waals surface area contributed by atoms with Gasteiger partial charge in [0.1, 0.15) is 11.3 Å². The molecule has 0 aliphatic heterocycles. The van der Waals surface area contributed by atoms with Crippen molar-refractivity contribution < 1.29 is 10.2 Å². The lowest BCUT2D eigenvalue weighted by Gasteiger charge is -2.16. The average molecular weight is 289 g/mol. The van der Waals surface area contributed by atoms with Gasteiger partial charge in [-0.25, -0.2) is 15.0 Å². The van der Waals surface area contributed by atoms with Crippen molar-refractivity contribution in [1.29, 1.82) is 0 Å². The lowest BCUT2D eigenvalue weighted by Crippen LogP contribution is -2.22. The molecule has 3 N–H and O–H groups in total. The molecule has 2 fully saturated rings. The number of hydrogen-bond donors (Lipinski definition) is 3. The Hall–Kier alpha value is -1.73. The molecule has 0 bridgehead atoms. The van der Waals surface area contributed by atoms with Crippen LogP contribution in [0.15, 0.2) is 6.33 Å². The molecule has 2 aliphatic carbocycles. The first-order valence-corrected chi connectivity index (χ1v) is 7.28. The van der Waals surface area contributed by atoms with E-state index in [2.05, 4.69) is 20.3 Å². The van der Waals surface area contributed by atoms with E-state index in [0.717, 1.165) is 23.4 Å². The quantitative estimate of drug-likeness (QED) is 0.760. The van der Waals surface area contributed by atoms with Gasteiger partial charge in [0.05, 0.1) is 19.0 Å². The van der Waals surface area contributed by atoms with Crippen LogP contribution >= 0.6 is 0 Å². The number of aryl methyl sites for hydroxylation is 1. The third-order valence-corrected chi connectivity index (χ3v) is 5.19. The van der Waals surface area contributed by atoms with Crippen LogP contribution in [0.3, 0.4) is 0 Å². The SMILES string of the molecule is CNc1nc(C)nc2c1ncn2C1CC(O)C2(CO)CC12. The normalized spacial score (nSPS) is 34.2. The van der Waals surface area contributed by atoms with E-state index in [0.29, 0.717) is 18.2 Å².